The zero-order chi connectivity index (χ0) is 13.1. The highest BCUT2D eigenvalue weighted by Gasteiger charge is 2.17. The molecule has 0 saturated heterocycles. The lowest BCUT2D eigenvalue weighted by molar-refractivity contribution is 0.231. The highest BCUT2D eigenvalue weighted by molar-refractivity contribution is 7.89. The Morgan fingerprint density at radius 1 is 1.41 bits per heavy atom. The van der Waals surface area contributed by atoms with Crippen molar-refractivity contribution >= 4 is 10.0 Å². The van der Waals surface area contributed by atoms with Gasteiger partial charge in [0.25, 0.3) is 0 Å². The van der Waals surface area contributed by atoms with Crippen LogP contribution in [-0.4, -0.2) is 20.0 Å². The number of hydrogen-bond donors (Lipinski definition) is 1. The number of hydrogen-bond acceptors (Lipinski definition) is 4. The van der Waals surface area contributed by atoms with E-state index < -0.39 is 10.0 Å². The summed E-state index contributed by atoms with van der Waals surface area (Å²) in [5.74, 6) is 0.0688. The zero-order valence-electron chi connectivity index (χ0n) is 10.3. The number of sulfonamides is 1. The Balaban J connectivity index is 2.79. The molecule has 17 heavy (non-hydrogen) atoms. The van der Waals surface area contributed by atoms with Gasteiger partial charge in [0.1, 0.15) is 4.90 Å². The van der Waals surface area contributed by atoms with E-state index in [0.717, 1.165) is 6.42 Å². The minimum Gasteiger partial charge on any atom is -0.477 e. The molecule has 0 aromatic carbocycles. The van der Waals surface area contributed by atoms with E-state index in [2.05, 4.69) is 25.8 Å². The molecule has 0 aliphatic rings. The van der Waals surface area contributed by atoms with E-state index in [0.29, 0.717) is 6.61 Å². The van der Waals surface area contributed by atoms with E-state index in [4.69, 9.17) is 9.88 Å². The molecule has 1 heterocycles. The lowest BCUT2D eigenvalue weighted by Crippen LogP contribution is -2.16. The van der Waals surface area contributed by atoms with Gasteiger partial charge in [-0.1, -0.05) is 20.8 Å². The van der Waals surface area contributed by atoms with Crippen LogP contribution < -0.4 is 9.88 Å². The average Bonchev–Trinajstić information content (AvgIpc) is 2.15. The highest BCUT2D eigenvalue weighted by atomic mass is 32.2. The molecular formula is C11H18N2O3S. The van der Waals surface area contributed by atoms with Gasteiger partial charge in [-0.05, 0) is 24.0 Å². The summed E-state index contributed by atoms with van der Waals surface area (Å²) in [6.07, 6.45) is 2.27. The molecule has 0 radical (unpaired) electrons. The Morgan fingerprint density at radius 2 is 2.06 bits per heavy atom. The van der Waals surface area contributed by atoms with E-state index in [-0.39, 0.29) is 16.2 Å². The third-order valence-corrected chi connectivity index (χ3v) is 3.06. The van der Waals surface area contributed by atoms with Crippen molar-refractivity contribution in [1.82, 2.24) is 4.98 Å². The lowest BCUT2D eigenvalue weighted by Gasteiger charge is -2.18. The van der Waals surface area contributed by atoms with Crippen molar-refractivity contribution in [2.24, 2.45) is 10.6 Å². The number of nitrogens with zero attached hydrogens (tertiary/aromatic N) is 1. The molecule has 1 aromatic heterocycles. The molecule has 0 saturated carbocycles. The van der Waals surface area contributed by atoms with Crippen LogP contribution in [0.15, 0.2) is 23.2 Å². The SMILES string of the molecule is CC(C)(C)CCOc1ncccc1S(N)(=O)=O. The first-order valence-corrected chi connectivity index (χ1v) is 6.85. The van der Waals surface area contributed by atoms with E-state index in [1.54, 1.807) is 0 Å². The number of rotatable bonds is 4. The quantitative estimate of drug-likeness (QED) is 0.888. The molecule has 0 bridgehead atoms. The van der Waals surface area contributed by atoms with E-state index in [9.17, 15) is 8.42 Å². The molecule has 96 valence electrons. The summed E-state index contributed by atoms with van der Waals surface area (Å²) in [7, 11) is -3.79. The summed E-state index contributed by atoms with van der Waals surface area (Å²) in [5, 5.41) is 5.07. The van der Waals surface area contributed by atoms with E-state index in [1.807, 2.05) is 0 Å². The van der Waals surface area contributed by atoms with Crippen molar-refractivity contribution in [2.45, 2.75) is 32.1 Å². The lowest BCUT2D eigenvalue weighted by atomic mass is 9.93. The topological polar surface area (TPSA) is 82.3 Å². The molecule has 0 atom stereocenters. The molecular weight excluding hydrogens is 240 g/mol. The molecule has 0 unspecified atom stereocenters. The van der Waals surface area contributed by atoms with Crippen LogP contribution in [0.25, 0.3) is 0 Å². The van der Waals surface area contributed by atoms with Crippen LogP contribution in [0.4, 0.5) is 0 Å². The standard InChI is InChI=1S/C11H18N2O3S/c1-11(2,3)6-8-16-10-9(17(12,14)15)5-4-7-13-10/h4-5,7H,6,8H2,1-3H3,(H2,12,14,15). The molecule has 0 spiro atoms. The number of aromatic nitrogens is 1. The van der Waals surface area contributed by atoms with Crippen molar-refractivity contribution in [3.63, 3.8) is 0 Å². The van der Waals surface area contributed by atoms with Crippen molar-refractivity contribution in [1.29, 1.82) is 0 Å². The Hall–Kier alpha value is -1.14. The maximum absolute atomic E-state index is 11.3. The summed E-state index contributed by atoms with van der Waals surface area (Å²) in [6.45, 7) is 6.64. The second-order valence-electron chi connectivity index (χ2n) is 5.01. The van der Waals surface area contributed by atoms with Gasteiger partial charge in [-0.25, -0.2) is 18.5 Å². The third kappa shape index (κ3) is 4.70. The summed E-state index contributed by atoms with van der Waals surface area (Å²) in [5.41, 5.74) is 0.122. The third-order valence-electron chi connectivity index (χ3n) is 2.13. The van der Waals surface area contributed by atoms with Gasteiger partial charge in [0.15, 0.2) is 0 Å². The molecule has 6 heteroatoms. The molecule has 0 amide bonds. The molecule has 1 aromatic rings. The smallest absolute Gasteiger partial charge is 0.243 e. The van der Waals surface area contributed by atoms with Crippen LogP contribution in [0.3, 0.4) is 0 Å². The fourth-order valence-electron chi connectivity index (χ4n) is 1.15. The van der Waals surface area contributed by atoms with Gasteiger partial charge in [-0.3, -0.25) is 0 Å². The van der Waals surface area contributed by atoms with Crippen LogP contribution in [0.5, 0.6) is 5.88 Å². The molecule has 0 aliphatic carbocycles. The first-order valence-electron chi connectivity index (χ1n) is 5.31. The average molecular weight is 258 g/mol. The van der Waals surface area contributed by atoms with Gasteiger partial charge < -0.3 is 4.74 Å². The van der Waals surface area contributed by atoms with Gasteiger partial charge in [-0.15, -0.1) is 0 Å². The molecule has 2 N–H and O–H groups in total. The van der Waals surface area contributed by atoms with Crippen LogP contribution in [0.2, 0.25) is 0 Å². The van der Waals surface area contributed by atoms with Gasteiger partial charge in [0, 0.05) is 6.20 Å². The predicted molar refractivity (Wildman–Crippen MR) is 65.2 cm³/mol. The maximum atomic E-state index is 11.3. The second-order valence-corrected chi connectivity index (χ2v) is 6.54. The Morgan fingerprint density at radius 3 is 2.59 bits per heavy atom. The Labute approximate surface area is 102 Å². The molecule has 5 nitrogen and oxygen atoms in total. The van der Waals surface area contributed by atoms with Crippen molar-refractivity contribution in [3.05, 3.63) is 18.3 Å². The number of primary sulfonamides is 1. The van der Waals surface area contributed by atoms with E-state index >= 15 is 0 Å². The fraction of sp³-hybridized carbons (Fsp3) is 0.545. The van der Waals surface area contributed by atoms with Crippen LogP contribution in [-0.2, 0) is 10.0 Å². The molecule has 0 fully saturated rings. The predicted octanol–water partition coefficient (Wildman–Crippen LogP) is 1.54. The largest absolute Gasteiger partial charge is 0.477 e. The van der Waals surface area contributed by atoms with Crippen molar-refractivity contribution in [3.8, 4) is 5.88 Å². The van der Waals surface area contributed by atoms with Gasteiger partial charge in [-0.2, -0.15) is 0 Å². The fourth-order valence-corrected chi connectivity index (χ4v) is 1.78. The summed E-state index contributed by atoms with van der Waals surface area (Å²) < 4.78 is 27.9. The van der Waals surface area contributed by atoms with Crippen molar-refractivity contribution < 1.29 is 13.2 Å². The summed E-state index contributed by atoms with van der Waals surface area (Å²) >= 11 is 0. The second kappa shape index (κ2) is 5.01. The first kappa shape index (κ1) is 13.9. The van der Waals surface area contributed by atoms with Crippen molar-refractivity contribution in [2.75, 3.05) is 6.61 Å². The molecule has 0 aliphatic heterocycles. The van der Waals surface area contributed by atoms with E-state index in [1.165, 1.54) is 18.3 Å². The highest BCUT2D eigenvalue weighted by Crippen LogP contribution is 2.22. The Kier molecular flexibility index (Phi) is 4.11. The zero-order valence-corrected chi connectivity index (χ0v) is 11.1. The van der Waals surface area contributed by atoms with Crippen LogP contribution in [0, 0.1) is 5.41 Å². The summed E-state index contributed by atoms with van der Waals surface area (Å²) in [6, 6.07) is 2.89. The number of ether oxygens (including phenoxy) is 1. The maximum Gasteiger partial charge on any atom is 0.243 e. The number of nitrogens with two attached hydrogens (primary N) is 1. The van der Waals surface area contributed by atoms with Gasteiger partial charge >= 0.3 is 0 Å². The van der Waals surface area contributed by atoms with Crippen LogP contribution in [0.1, 0.15) is 27.2 Å². The number of pyridine rings is 1. The minimum absolute atomic E-state index is 0.0688. The monoisotopic (exact) mass is 258 g/mol. The van der Waals surface area contributed by atoms with Gasteiger partial charge in [0.2, 0.25) is 15.9 Å². The summed E-state index contributed by atoms with van der Waals surface area (Å²) in [4.78, 5) is 3.81. The minimum atomic E-state index is -3.79. The molecule has 1 rings (SSSR count). The Bertz CT molecular complexity index is 478. The first-order chi connectivity index (χ1) is 7.70. The normalized spacial score (nSPS) is 12.5. The van der Waals surface area contributed by atoms with Gasteiger partial charge in [0.05, 0.1) is 6.61 Å². The van der Waals surface area contributed by atoms with Crippen LogP contribution >= 0.6 is 0 Å².